The van der Waals surface area contributed by atoms with Gasteiger partial charge in [-0.05, 0) is 43.5 Å². The molecule has 0 radical (unpaired) electrons. The fourth-order valence-electron chi connectivity index (χ4n) is 4.35. The molecular weight excluding hydrogens is 366 g/mol. The maximum absolute atomic E-state index is 13.2. The topological polar surface area (TPSA) is 69.7 Å². The lowest BCUT2D eigenvalue weighted by atomic mass is 9.98. The number of para-hydroxylation sites is 1. The fraction of sp³-hybridized carbons (Fsp3) is 0.348. The van der Waals surface area contributed by atoms with Gasteiger partial charge in [0.15, 0.2) is 0 Å². The van der Waals surface area contributed by atoms with E-state index in [2.05, 4.69) is 5.32 Å². The highest BCUT2D eigenvalue weighted by Gasteiger charge is 2.52. The van der Waals surface area contributed by atoms with Gasteiger partial charge in [-0.25, -0.2) is 0 Å². The highest BCUT2D eigenvalue weighted by molar-refractivity contribution is 6.10. The minimum absolute atomic E-state index is 0.0152. The van der Waals surface area contributed by atoms with Gasteiger partial charge >= 0.3 is 0 Å². The summed E-state index contributed by atoms with van der Waals surface area (Å²) in [5.74, 6) is -0.221. The number of hydrogen-bond acceptors (Lipinski definition) is 3. The normalized spacial score (nSPS) is 20.5. The van der Waals surface area contributed by atoms with Gasteiger partial charge in [-0.15, -0.1) is 0 Å². The quantitative estimate of drug-likeness (QED) is 0.852. The molecule has 0 aliphatic carbocycles. The van der Waals surface area contributed by atoms with Gasteiger partial charge in [-0.1, -0.05) is 36.4 Å². The lowest BCUT2D eigenvalue weighted by molar-refractivity contribution is -0.121. The molecule has 2 aromatic rings. The molecule has 1 unspecified atom stereocenters. The number of hydrogen-bond donors (Lipinski definition) is 1. The van der Waals surface area contributed by atoms with Gasteiger partial charge < -0.3 is 10.2 Å². The van der Waals surface area contributed by atoms with Gasteiger partial charge in [-0.3, -0.25) is 19.3 Å². The number of fused-ring (bicyclic) bond motifs is 3. The van der Waals surface area contributed by atoms with Crippen molar-refractivity contribution in [1.29, 1.82) is 0 Å². The van der Waals surface area contributed by atoms with E-state index in [0.29, 0.717) is 30.6 Å². The number of carbonyl (C=O) groups is 3. The zero-order valence-corrected chi connectivity index (χ0v) is 16.8. The summed E-state index contributed by atoms with van der Waals surface area (Å²) in [5, 5.41) is 2.94. The number of benzene rings is 2. The second-order valence-electron chi connectivity index (χ2n) is 7.87. The summed E-state index contributed by atoms with van der Waals surface area (Å²) in [6, 6.07) is 15.1. The lowest BCUT2D eigenvalue weighted by Crippen LogP contribution is -2.62. The van der Waals surface area contributed by atoms with E-state index in [1.165, 1.54) is 0 Å². The highest BCUT2D eigenvalue weighted by Crippen LogP contribution is 2.43. The number of amides is 3. The molecule has 2 aliphatic heterocycles. The fourth-order valence-corrected chi connectivity index (χ4v) is 4.35. The van der Waals surface area contributed by atoms with E-state index in [0.717, 1.165) is 11.1 Å². The number of aryl methyl sites for hydroxylation is 1. The van der Waals surface area contributed by atoms with Crippen molar-refractivity contribution in [2.45, 2.75) is 45.3 Å². The van der Waals surface area contributed by atoms with Crippen LogP contribution in [0.3, 0.4) is 0 Å². The van der Waals surface area contributed by atoms with Crippen LogP contribution in [0.2, 0.25) is 0 Å². The van der Waals surface area contributed by atoms with Crippen molar-refractivity contribution in [3.05, 3.63) is 65.2 Å². The van der Waals surface area contributed by atoms with E-state index in [4.69, 9.17) is 0 Å². The van der Waals surface area contributed by atoms with Gasteiger partial charge in [0.2, 0.25) is 11.8 Å². The summed E-state index contributed by atoms with van der Waals surface area (Å²) in [6.45, 7) is 4.66. The van der Waals surface area contributed by atoms with Crippen LogP contribution in [0.4, 0.5) is 5.69 Å². The molecule has 1 saturated heterocycles. The molecule has 6 heteroatoms. The number of nitrogens with one attached hydrogen (secondary N) is 1. The second-order valence-corrected chi connectivity index (χ2v) is 7.87. The number of nitrogens with zero attached hydrogens (tertiary/aromatic N) is 2. The smallest absolute Gasteiger partial charge is 0.257 e. The van der Waals surface area contributed by atoms with Gasteiger partial charge in [0.05, 0.1) is 11.3 Å². The molecular formula is C23H25N3O3. The lowest BCUT2D eigenvalue weighted by Gasteiger charge is -2.48. The Labute approximate surface area is 170 Å². The predicted molar refractivity (Wildman–Crippen MR) is 110 cm³/mol. The van der Waals surface area contributed by atoms with Crippen LogP contribution in [0.1, 0.15) is 47.7 Å². The van der Waals surface area contributed by atoms with Crippen molar-refractivity contribution in [1.82, 2.24) is 10.2 Å². The van der Waals surface area contributed by atoms with Crippen molar-refractivity contribution in [3.63, 3.8) is 0 Å². The molecule has 0 aromatic heterocycles. The van der Waals surface area contributed by atoms with E-state index >= 15 is 0 Å². The zero-order valence-electron chi connectivity index (χ0n) is 16.8. The monoisotopic (exact) mass is 391 g/mol. The van der Waals surface area contributed by atoms with Crippen LogP contribution < -0.4 is 10.2 Å². The van der Waals surface area contributed by atoms with Crippen LogP contribution >= 0.6 is 0 Å². The summed E-state index contributed by atoms with van der Waals surface area (Å²) in [6.07, 6.45) is 1.16. The maximum atomic E-state index is 13.2. The minimum atomic E-state index is -0.723. The molecule has 2 aliphatic rings. The molecule has 1 fully saturated rings. The molecule has 2 heterocycles. The minimum Gasteiger partial charge on any atom is -0.352 e. The summed E-state index contributed by atoms with van der Waals surface area (Å²) >= 11 is 0. The van der Waals surface area contributed by atoms with Crippen LogP contribution in [0.25, 0.3) is 0 Å². The van der Waals surface area contributed by atoms with Gasteiger partial charge in [0.1, 0.15) is 5.66 Å². The molecule has 4 rings (SSSR count). The first-order valence-electron chi connectivity index (χ1n) is 9.97. The zero-order chi connectivity index (χ0) is 20.6. The third kappa shape index (κ3) is 3.28. The van der Waals surface area contributed by atoms with Crippen LogP contribution in [0, 0.1) is 6.92 Å². The molecule has 3 amide bonds. The summed E-state index contributed by atoms with van der Waals surface area (Å²) in [4.78, 5) is 41.6. The van der Waals surface area contributed by atoms with Crippen LogP contribution in [0.15, 0.2) is 48.5 Å². The average molecular weight is 391 g/mol. The molecule has 1 atom stereocenters. The highest BCUT2D eigenvalue weighted by atomic mass is 16.2. The maximum Gasteiger partial charge on any atom is 0.257 e. The van der Waals surface area contributed by atoms with E-state index in [1.54, 1.807) is 21.9 Å². The van der Waals surface area contributed by atoms with Crippen LogP contribution in [0.5, 0.6) is 0 Å². The standard InChI is InChI=1S/C23H25N3O3/c1-16-7-3-4-8-17(16)15-24-20(27)12-14-25-22(29)18-9-5-6-10-19(18)26-21(28)11-13-23(25,26)2/h3-10H,11-15H2,1-2H3,(H,24,27). The average Bonchev–Trinajstić information content (AvgIpc) is 3.02. The van der Waals surface area contributed by atoms with Crippen molar-refractivity contribution in [2.75, 3.05) is 11.4 Å². The third-order valence-corrected chi connectivity index (χ3v) is 6.05. The molecule has 150 valence electrons. The van der Waals surface area contributed by atoms with Crippen molar-refractivity contribution in [2.24, 2.45) is 0 Å². The van der Waals surface area contributed by atoms with E-state index < -0.39 is 5.66 Å². The first kappa shape index (κ1) is 19.2. The Morgan fingerprint density at radius 3 is 2.62 bits per heavy atom. The third-order valence-electron chi connectivity index (χ3n) is 6.05. The molecule has 0 saturated carbocycles. The molecule has 1 N–H and O–H groups in total. The van der Waals surface area contributed by atoms with E-state index in [9.17, 15) is 14.4 Å². The van der Waals surface area contributed by atoms with Crippen molar-refractivity contribution in [3.8, 4) is 0 Å². The molecule has 0 bridgehead atoms. The molecule has 29 heavy (non-hydrogen) atoms. The van der Waals surface area contributed by atoms with E-state index in [1.807, 2.05) is 50.2 Å². The Hall–Kier alpha value is -3.15. The first-order valence-corrected chi connectivity index (χ1v) is 9.97. The van der Waals surface area contributed by atoms with E-state index in [-0.39, 0.29) is 30.7 Å². The molecule has 0 spiro atoms. The van der Waals surface area contributed by atoms with Crippen LogP contribution in [-0.4, -0.2) is 34.8 Å². The summed E-state index contributed by atoms with van der Waals surface area (Å²) in [7, 11) is 0. The summed E-state index contributed by atoms with van der Waals surface area (Å²) < 4.78 is 0. The Balaban J connectivity index is 1.48. The molecule has 6 nitrogen and oxygen atoms in total. The Kier molecular flexibility index (Phi) is 4.86. The van der Waals surface area contributed by atoms with Gasteiger partial charge in [-0.2, -0.15) is 0 Å². The Morgan fingerprint density at radius 2 is 1.83 bits per heavy atom. The number of carbonyl (C=O) groups excluding carboxylic acids is 3. The van der Waals surface area contributed by atoms with Crippen LogP contribution in [-0.2, 0) is 16.1 Å². The van der Waals surface area contributed by atoms with Gasteiger partial charge in [0, 0.05) is 25.9 Å². The molecule has 2 aromatic carbocycles. The second kappa shape index (κ2) is 7.35. The predicted octanol–water partition coefficient (Wildman–Crippen LogP) is 3.00. The summed E-state index contributed by atoms with van der Waals surface area (Å²) in [5.41, 5.74) is 2.66. The SMILES string of the molecule is Cc1ccccc1CNC(=O)CCN1C(=O)c2ccccc2N2C(=O)CCC12C. The Bertz CT molecular complexity index is 987. The number of anilines is 1. The first-order chi connectivity index (χ1) is 13.9. The van der Waals surface area contributed by atoms with Gasteiger partial charge in [0.25, 0.3) is 5.91 Å². The number of rotatable bonds is 5. The Morgan fingerprint density at radius 1 is 1.10 bits per heavy atom. The van der Waals surface area contributed by atoms with Crippen molar-refractivity contribution < 1.29 is 14.4 Å². The largest absolute Gasteiger partial charge is 0.352 e. The van der Waals surface area contributed by atoms with Crippen molar-refractivity contribution >= 4 is 23.4 Å².